The second-order valence-corrected chi connectivity index (χ2v) is 6.06. The molecular weight excluding hydrogens is 334 g/mol. The largest absolute Gasteiger partial charge is 0.479 e. The molecule has 0 spiro atoms. The van der Waals surface area contributed by atoms with Gasteiger partial charge in [0.25, 0.3) is 5.91 Å². The fourth-order valence-corrected chi connectivity index (χ4v) is 2.59. The van der Waals surface area contributed by atoms with Crippen molar-refractivity contribution in [2.45, 2.75) is 26.4 Å². The Morgan fingerprint density at radius 2 is 1.77 bits per heavy atom. The molecule has 1 unspecified atom stereocenters. The van der Waals surface area contributed by atoms with Crippen LogP contribution in [0.3, 0.4) is 0 Å². The van der Waals surface area contributed by atoms with E-state index in [1.807, 2.05) is 0 Å². The van der Waals surface area contributed by atoms with Crippen molar-refractivity contribution in [3.63, 3.8) is 0 Å². The number of carbonyl (C=O) groups excluding carboxylic acids is 3. The van der Waals surface area contributed by atoms with Gasteiger partial charge < -0.3 is 20.7 Å². The first-order valence-corrected chi connectivity index (χ1v) is 8.18. The summed E-state index contributed by atoms with van der Waals surface area (Å²) in [5.74, 6) is 0.0194. The first-order chi connectivity index (χ1) is 12.4. The molecule has 26 heavy (non-hydrogen) atoms. The van der Waals surface area contributed by atoms with Gasteiger partial charge >= 0.3 is 0 Å². The van der Waals surface area contributed by atoms with Crippen LogP contribution in [-0.4, -0.2) is 23.8 Å². The minimum Gasteiger partial charge on any atom is -0.479 e. The molecule has 3 rings (SSSR count). The molecule has 0 aromatic heterocycles. The van der Waals surface area contributed by atoms with E-state index in [1.165, 1.54) is 6.92 Å². The number of fused-ring (bicyclic) bond motifs is 1. The van der Waals surface area contributed by atoms with Gasteiger partial charge in [0.2, 0.25) is 11.8 Å². The molecule has 134 valence electrons. The van der Waals surface area contributed by atoms with Crippen LogP contribution in [0.15, 0.2) is 42.5 Å². The summed E-state index contributed by atoms with van der Waals surface area (Å²) in [6.45, 7) is 3.11. The van der Waals surface area contributed by atoms with Gasteiger partial charge in [0.15, 0.2) is 6.10 Å². The Morgan fingerprint density at radius 1 is 1.08 bits per heavy atom. The van der Waals surface area contributed by atoms with Gasteiger partial charge in [-0.25, -0.2) is 0 Å². The number of carbonyl (C=O) groups is 3. The van der Waals surface area contributed by atoms with Crippen LogP contribution < -0.4 is 20.7 Å². The van der Waals surface area contributed by atoms with E-state index < -0.39 is 6.10 Å². The highest BCUT2D eigenvalue weighted by atomic mass is 16.5. The minimum absolute atomic E-state index is 0.145. The van der Waals surface area contributed by atoms with Gasteiger partial charge in [0.1, 0.15) is 5.75 Å². The number of nitrogens with one attached hydrogen (secondary N) is 3. The lowest BCUT2D eigenvalue weighted by molar-refractivity contribution is -0.122. The summed E-state index contributed by atoms with van der Waals surface area (Å²) >= 11 is 0. The monoisotopic (exact) mass is 353 g/mol. The number of hydrogen-bond donors (Lipinski definition) is 3. The summed E-state index contributed by atoms with van der Waals surface area (Å²) < 4.78 is 5.48. The third-order valence-corrected chi connectivity index (χ3v) is 3.83. The van der Waals surface area contributed by atoms with E-state index in [9.17, 15) is 14.4 Å². The average molecular weight is 353 g/mol. The van der Waals surface area contributed by atoms with Crippen LogP contribution in [0.2, 0.25) is 0 Å². The predicted octanol–water partition coefficient (Wildman–Crippen LogP) is 2.55. The summed E-state index contributed by atoms with van der Waals surface area (Å²) in [7, 11) is 0. The lowest BCUT2D eigenvalue weighted by atomic mass is 10.1. The number of hydrogen-bond acceptors (Lipinski definition) is 4. The van der Waals surface area contributed by atoms with E-state index in [2.05, 4.69) is 16.0 Å². The van der Waals surface area contributed by atoms with Gasteiger partial charge in [-0.2, -0.15) is 0 Å². The second-order valence-electron chi connectivity index (χ2n) is 6.06. The molecule has 0 saturated heterocycles. The summed E-state index contributed by atoms with van der Waals surface area (Å²) in [4.78, 5) is 34.9. The molecule has 0 fully saturated rings. The summed E-state index contributed by atoms with van der Waals surface area (Å²) in [6.07, 6.45) is -0.347. The Kier molecular flexibility index (Phi) is 4.88. The summed E-state index contributed by atoms with van der Waals surface area (Å²) in [5, 5.41) is 8.22. The number of rotatable bonds is 4. The third kappa shape index (κ3) is 4.18. The lowest BCUT2D eigenvalue weighted by Crippen LogP contribution is -2.34. The normalized spacial score (nSPS) is 15.3. The van der Waals surface area contributed by atoms with Crippen molar-refractivity contribution in [1.82, 2.24) is 0 Å². The van der Waals surface area contributed by atoms with Crippen LogP contribution in [0.25, 0.3) is 0 Å². The van der Waals surface area contributed by atoms with E-state index in [0.717, 1.165) is 5.56 Å². The average Bonchev–Trinajstić information content (AvgIpc) is 2.57. The van der Waals surface area contributed by atoms with Crippen LogP contribution in [0.5, 0.6) is 5.75 Å². The maximum absolute atomic E-state index is 12.2. The van der Waals surface area contributed by atoms with E-state index in [1.54, 1.807) is 49.4 Å². The van der Waals surface area contributed by atoms with Crippen molar-refractivity contribution < 1.29 is 19.1 Å². The quantitative estimate of drug-likeness (QED) is 0.787. The zero-order valence-electron chi connectivity index (χ0n) is 14.5. The van der Waals surface area contributed by atoms with Gasteiger partial charge in [-0.05, 0) is 42.8 Å². The molecule has 2 aromatic carbocycles. The molecule has 3 amide bonds. The molecule has 1 aliphatic rings. The van der Waals surface area contributed by atoms with Crippen molar-refractivity contribution in [2.75, 3.05) is 16.0 Å². The molecule has 1 aliphatic heterocycles. The number of anilines is 3. The van der Waals surface area contributed by atoms with Crippen LogP contribution in [0, 0.1) is 0 Å². The SMILES string of the molecule is CC(=O)Nc1ccc(CC(=O)Nc2ccc3c(c2)NC(=O)C(C)O3)cc1. The highest BCUT2D eigenvalue weighted by Crippen LogP contribution is 2.32. The Labute approximate surface area is 150 Å². The Bertz CT molecular complexity index is 862. The van der Waals surface area contributed by atoms with Crippen molar-refractivity contribution >= 4 is 34.8 Å². The van der Waals surface area contributed by atoms with Gasteiger partial charge in [-0.15, -0.1) is 0 Å². The van der Waals surface area contributed by atoms with Crippen LogP contribution >= 0.6 is 0 Å². The molecule has 0 aliphatic carbocycles. The zero-order valence-corrected chi connectivity index (χ0v) is 14.5. The first kappa shape index (κ1) is 17.5. The molecule has 0 radical (unpaired) electrons. The highest BCUT2D eigenvalue weighted by Gasteiger charge is 2.23. The van der Waals surface area contributed by atoms with Crippen LogP contribution in [0.1, 0.15) is 19.4 Å². The van der Waals surface area contributed by atoms with Crippen LogP contribution in [0.4, 0.5) is 17.1 Å². The van der Waals surface area contributed by atoms with Crippen molar-refractivity contribution in [3.05, 3.63) is 48.0 Å². The molecule has 0 saturated carbocycles. The van der Waals surface area contributed by atoms with E-state index in [4.69, 9.17) is 4.74 Å². The molecular formula is C19H19N3O4. The van der Waals surface area contributed by atoms with Gasteiger partial charge in [0, 0.05) is 18.3 Å². The molecule has 0 bridgehead atoms. The van der Waals surface area contributed by atoms with E-state index >= 15 is 0 Å². The number of benzene rings is 2. The Hall–Kier alpha value is -3.35. The zero-order chi connectivity index (χ0) is 18.7. The molecule has 7 nitrogen and oxygen atoms in total. The predicted molar refractivity (Wildman–Crippen MR) is 98.2 cm³/mol. The molecule has 3 N–H and O–H groups in total. The fraction of sp³-hybridized carbons (Fsp3) is 0.211. The highest BCUT2D eigenvalue weighted by molar-refractivity contribution is 5.99. The molecule has 7 heteroatoms. The Morgan fingerprint density at radius 3 is 2.46 bits per heavy atom. The molecule has 2 aromatic rings. The fourth-order valence-electron chi connectivity index (χ4n) is 2.59. The smallest absolute Gasteiger partial charge is 0.265 e. The van der Waals surface area contributed by atoms with Gasteiger partial charge in [-0.3, -0.25) is 14.4 Å². The Balaban J connectivity index is 1.62. The van der Waals surface area contributed by atoms with Crippen molar-refractivity contribution in [2.24, 2.45) is 0 Å². The maximum Gasteiger partial charge on any atom is 0.265 e. The van der Waals surface area contributed by atoms with Gasteiger partial charge in [0.05, 0.1) is 12.1 Å². The van der Waals surface area contributed by atoms with Crippen LogP contribution in [-0.2, 0) is 20.8 Å². The maximum atomic E-state index is 12.2. The first-order valence-electron chi connectivity index (χ1n) is 8.18. The topological polar surface area (TPSA) is 96.5 Å². The standard InChI is InChI=1S/C19H19N3O4/c1-11-19(25)22-16-10-15(7-8-17(16)26-11)21-18(24)9-13-3-5-14(6-4-13)20-12(2)23/h3-8,10-11H,9H2,1-2H3,(H,20,23)(H,21,24)(H,22,25). The molecule has 1 atom stereocenters. The van der Waals surface area contributed by atoms with Crippen molar-refractivity contribution in [3.8, 4) is 5.75 Å². The van der Waals surface area contributed by atoms with E-state index in [-0.39, 0.29) is 24.1 Å². The number of ether oxygens (including phenoxy) is 1. The van der Waals surface area contributed by atoms with Crippen molar-refractivity contribution in [1.29, 1.82) is 0 Å². The molecule has 1 heterocycles. The van der Waals surface area contributed by atoms with Gasteiger partial charge in [-0.1, -0.05) is 12.1 Å². The van der Waals surface area contributed by atoms with E-state index in [0.29, 0.717) is 22.8 Å². The summed E-state index contributed by atoms with van der Waals surface area (Å²) in [5.41, 5.74) is 2.61. The third-order valence-electron chi connectivity index (χ3n) is 3.83. The lowest BCUT2D eigenvalue weighted by Gasteiger charge is -2.23. The number of amides is 3. The minimum atomic E-state index is -0.539. The summed E-state index contributed by atoms with van der Waals surface area (Å²) in [6, 6.07) is 12.2. The second kappa shape index (κ2) is 7.26.